The molecule has 3 rings (SSSR count). The second-order valence-corrected chi connectivity index (χ2v) is 15.9. The van der Waals surface area contributed by atoms with Crippen LogP contribution in [0.3, 0.4) is 0 Å². The number of carbonyl (C=O) groups is 2. The molecule has 0 N–H and O–H groups in total. The van der Waals surface area contributed by atoms with Gasteiger partial charge in [0.1, 0.15) is 29.5 Å². The molecular weight excluding hydrogens is 777 g/mol. The van der Waals surface area contributed by atoms with Crippen molar-refractivity contribution in [1.82, 2.24) is 0 Å². The van der Waals surface area contributed by atoms with Gasteiger partial charge in [0, 0.05) is 29.3 Å². The quantitative estimate of drug-likeness (QED) is 0.0238. The molecule has 1 unspecified atom stereocenters. The molecule has 0 aliphatic carbocycles. The van der Waals surface area contributed by atoms with E-state index in [1.807, 2.05) is 82.3 Å². The Labute approximate surface area is 363 Å². The molecule has 0 saturated heterocycles. The van der Waals surface area contributed by atoms with Crippen molar-refractivity contribution in [2.45, 2.75) is 119 Å². The van der Waals surface area contributed by atoms with Crippen molar-refractivity contribution >= 4 is 40.4 Å². The Morgan fingerprint density at radius 3 is 1.62 bits per heavy atom. The highest BCUT2D eigenvalue weighted by atomic mass is 16.6. The zero-order chi connectivity index (χ0) is 45.1. The molecule has 14 nitrogen and oxygen atoms in total. The largest absolute Gasteiger partial charge is 0.494 e. The summed E-state index contributed by atoms with van der Waals surface area (Å²) in [5, 5.41) is 26.3. The Hall–Kier alpha value is -5.40. The second-order valence-electron chi connectivity index (χ2n) is 15.9. The number of carbonyl (C=O) groups excluding carboxylic acids is 2. The number of ether oxygens (including phenoxy) is 4. The predicted molar refractivity (Wildman–Crippen MR) is 242 cm³/mol. The third-order valence-electron chi connectivity index (χ3n) is 10.4. The van der Waals surface area contributed by atoms with Crippen molar-refractivity contribution < 1.29 is 33.5 Å². The highest BCUT2D eigenvalue weighted by molar-refractivity contribution is 5.80. The first kappa shape index (κ1) is 51.7. The number of esters is 2. The average Bonchev–Trinajstić information content (AvgIpc) is 3.25. The molecule has 0 spiro atoms. The summed E-state index contributed by atoms with van der Waals surface area (Å²) in [5.41, 5.74) is 1.69. The van der Waals surface area contributed by atoms with E-state index in [1.54, 1.807) is 26.4 Å². The second kappa shape index (κ2) is 28.2. The Balaban J connectivity index is 0.00000306. The van der Waals surface area contributed by atoms with Crippen molar-refractivity contribution in [2.75, 3.05) is 52.5 Å². The fourth-order valence-electron chi connectivity index (χ4n) is 6.70. The number of hydrogen-bond acceptors (Lipinski definition) is 13. The SMILES string of the molecule is CCCCCCCCCCCCOC(=O)C(C)(CC)CC(C)(C)C(=O)OCCN(CC)c1ccc(N=Nc2cc(OC)c(N=Nc3ccccc3)cc2OC)cc1.C[N+](=O)[O-]. The van der Waals surface area contributed by atoms with Crippen molar-refractivity contribution in [3.05, 3.63) is 76.8 Å². The maximum atomic E-state index is 13.3. The van der Waals surface area contributed by atoms with Crippen LogP contribution >= 0.6 is 0 Å². The third-order valence-corrected chi connectivity index (χ3v) is 10.4. The number of methoxy groups -OCH3 is 2. The van der Waals surface area contributed by atoms with Gasteiger partial charge in [-0.2, -0.15) is 10.2 Å². The Bertz CT molecular complexity index is 1800. The Morgan fingerprint density at radius 1 is 0.672 bits per heavy atom. The van der Waals surface area contributed by atoms with Crippen molar-refractivity contribution in [2.24, 2.45) is 31.3 Å². The van der Waals surface area contributed by atoms with Gasteiger partial charge < -0.3 is 23.8 Å². The third kappa shape index (κ3) is 19.2. The lowest BCUT2D eigenvalue weighted by Crippen LogP contribution is -2.39. The first-order chi connectivity index (χ1) is 29.2. The van der Waals surface area contributed by atoms with Crippen LogP contribution in [0.4, 0.5) is 28.4 Å². The predicted octanol–water partition coefficient (Wildman–Crippen LogP) is 13.1. The maximum Gasteiger partial charge on any atom is 0.311 e. The standard InChI is InChI=1S/C46H67N5O6.CH3NO2/c1-9-12-13-14-15-16-17-18-19-23-31-56-44(53)46(6,10-2)35-45(4,5)43(52)57-32-30-51(11-3)38-28-26-37(27-29-38)48-50-40-34-41(54-7)39(33-42(40)55-8)49-47-36-24-21-20-22-25-36;1-2(3)4/h20-22,24-29,33-34H,9-19,23,30-32,35H2,1-8H3;1H3. The van der Waals surface area contributed by atoms with Crippen LogP contribution in [0.5, 0.6) is 11.5 Å². The number of anilines is 1. The molecule has 61 heavy (non-hydrogen) atoms. The highest BCUT2D eigenvalue weighted by Gasteiger charge is 2.43. The summed E-state index contributed by atoms with van der Waals surface area (Å²) >= 11 is 0. The summed E-state index contributed by atoms with van der Waals surface area (Å²) < 4.78 is 22.7. The van der Waals surface area contributed by atoms with Crippen molar-refractivity contribution in [3.63, 3.8) is 0 Å². The molecule has 0 amide bonds. The maximum absolute atomic E-state index is 13.3. The van der Waals surface area contributed by atoms with Gasteiger partial charge in [0.25, 0.3) is 0 Å². The van der Waals surface area contributed by atoms with E-state index in [9.17, 15) is 9.59 Å². The minimum absolute atomic E-state index is 0.214. The van der Waals surface area contributed by atoms with Gasteiger partial charge in [-0.3, -0.25) is 19.7 Å². The number of rotatable bonds is 27. The minimum Gasteiger partial charge on any atom is -0.494 e. The molecule has 0 aliphatic heterocycles. The molecule has 0 aliphatic rings. The summed E-state index contributed by atoms with van der Waals surface area (Å²) in [6, 6.07) is 20.5. The molecule has 14 heteroatoms. The van der Waals surface area contributed by atoms with Gasteiger partial charge in [-0.05, 0) is 83.4 Å². The van der Waals surface area contributed by atoms with E-state index >= 15 is 0 Å². The van der Waals surface area contributed by atoms with Crippen LogP contribution in [0.15, 0.2) is 87.2 Å². The van der Waals surface area contributed by atoms with Gasteiger partial charge in [0.15, 0.2) is 7.05 Å². The van der Waals surface area contributed by atoms with Crippen LogP contribution < -0.4 is 14.4 Å². The number of azo groups is 2. The van der Waals surface area contributed by atoms with Gasteiger partial charge in [0.2, 0.25) is 0 Å². The van der Waals surface area contributed by atoms with Crippen LogP contribution in [-0.2, 0) is 19.1 Å². The molecule has 0 radical (unpaired) electrons. The molecule has 3 aromatic carbocycles. The molecule has 1 atom stereocenters. The highest BCUT2D eigenvalue weighted by Crippen LogP contribution is 2.41. The number of likely N-dealkylation sites (N-methyl/N-ethyl adjacent to an activating group) is 1. The van der Waals surface area contributed by atoms with Gasteiger partial charge in [-0.25, -0.2) is 0 Å². The van der Waals surface area contributed by atoms with E-state index < -0.39 is 15.8 Å². The summed E-state index contributed by atoms with van der Waals surface area (Å²) in [6.07, 6.45) is 13.2. The van der Waals surface area contributed by atoms with Crippen LogP contribution in [0.1, 0.15) is 119 Å². The van der Waals surface area contributed by atoms with Crippen LogP contribution in [0, 0.1) is 20.9 Å². The topological polar surface area (TPSA) is 167 Å². The van der Waals surface area contributed by atoms with E-state index in [1.165, 1.54) is 51.4 Å². The molecule has 336 valence electrons. The lowest BCUT2D eigenvalue weighted by Gasteiger charge is -2.34. The summed E-state index contributed by atoms with van der Waals surface area (Å²) in [7, 11) is 4.01. The molecule has 0 fully saturated rings. The van der Waals surface area contributed by atoms with E-state index in [0.717, 1.165) is 31.3 Å². The van der Waals surface area contributed by atoms with Gasteiger partial charge in [-0.15, -0.1) is 10.2 Å². The van der Waals surface area contributed by atoms with Crippen LogP contribution in [0.2, 0.25) is 0 Å². The van der Waals surface area contributed by atoms with Gasteiger partial charge in [-0.1, -0.05) is 89.8 Å². The molecule has 0 aromatic heterocycles. The molecule has 0 saturated carbocycles. The monoisotopic (exact) mass is 847 g/mol. The van der Waals surface area contributed by atoms with E-state index in [2.05, 4.69) is 39.2 Å². The van der Waals surface area contributed by atoms with Crippen molar-refractivity contribution in [1.29, 1.82) is 0 Å². The number of nitro groups is 1. The first-order valence-corrected chi connectivity index (χ1v) is 21.7. The van der Waals surface area contributed by atoms with Gasteiger partial charge >= 0.3 is 11.9 Å². The lowest BCUT2D eigenvalue weighted by molar-refractivity contribution is -0.445. The smallest absolute Gasteiger partial charge is 0.311 e. The lowest BCUT2D eigenvalue weighted by atomic mass is 9.72. The Kier molecular flexibility index (Phi) is 23.9. The zero-order valence-corrected chi connectivity index (χ0v) is 38.1. The Morgan fingerprint density at radius 2 is 1.15 bits per heavy atom. The minimum atomic E-state index is -0.857. The molecular formula is C47H70N6O8. The zero-order valence-electron chi connectivity index (χ0n) is 38.1. The summed E-state index contributed by atoms with van der Waals surface area (Å²) in [6.45, 7) is 13.7. The van der Waals surface area contributed by atoms with Crippen LogP contribution in [-0.4, -0.2) is 64.4 Å². The summed E-state index contributed by atoms with van der Waals surface area (Å²) in [4.78, 5) is 37.0. The number of hydrogen-bond donors (Lipinski definition) is 0. The van der Waals surface area contributed by atoms with Gasteiger partial charge in [0.05, 0.1) is 49.6 Å². The van der Waals surface area contributed by atoms with Crippen molar-refractivity contribution in [3.8, 4) is 11.5 Å². The molecule has 3 aromatic rings. The van der Waals surface area contributed by atoms with Crippen LogP contribution in [0.25, 0.3) is 0 Å². The average molecular weight is 847 g/mol. The normalized spacial score (nSPS) is 12.3. The number of unbranched alkanes of at least 4 members (excludes halogenated alkanes) is 9. The molecule has 0 heterocycles. The van der Waals surface area contributed by atoms with E-state index in [-0.39, 0.29) is 18.5 Å². The fraction of sp³-hybridized carbons (Fsp3) is 0.574. The number of nitrogens with zero attached hydrogens (tertiary/aromatic N) is 6. The van der Waals surface area contributed by atoms with E-state index in [0.29, 0.717) is 61.1 Å². The first-order valence-electron chi connectivity index (χ1n) is 21.7. The fourth-order valence-corrected chi connectivity index (χ4v) is 6.70. The van der Waals surface area contributed by atoms with E-state index in [4.69, 9.17) is 29.1 Å². The number of benzene rings is 3. The molecule has 0 bridgehead atoms. The summed E-state index contributed by atoms with van der Waals surface area (Å²) in [5.74, 6) is 0.405.